The molecule has 1 aliphatic carbocycles. The van der Waals surface area contributed by atoms with Crippen molar-refractivity contribution >= 4 is 33.2 Å². The molecule has 0 bridgehead atoms. The lowest BCUT2D eigenvalue weighted by atomic mass is 9.84. The van der Waals surface area contributed by atoms with E-state index in [0.717, 1.165) is 27.6 Å². The molecule has 1 aliphatic rings. The van der Waals surface area contributed by atoms with Crippen LogP contribution in [0, 0.1) is 11.8 Å². The van der Waals surface area contributed by atoms with Crippen molar-refractivity contribution in [2.24, 2.45) is 11.8 Å². The molecule has 2 atom stereocenters. The monoisotopic (exact) mass is 327 g/mol. The van der Waals surface area contributed by atoms with E-state index < -0.39 is 0 Å². The van der Waals surface area contributed by atoms with E-state index in [1.807, 2.05) is 18.2 Å². The third kappa shape index (κ3) is 3.76. The van der Waals surface area contributed by atoms with E-state index in [4.69, 9.17) is 11.6 Å². The summed E-state index contributed by atoms with van der Waals surface area (Å²) in [5, 5.41) is 4.26. The first kappa shape index (κ1) is 14.0. The molecular weight excluding hydrogens is 310 g/mol. The highest BCUT2D eigenvalue weighted by Crippen LogP contribution is 2.29. The van der Waals surface area contributed by atoms with Crippen LogP contribution in [-0.4, -0.2) is 6.54 Å². The summed E-state index contributed by atoms with van der Waals surface area (Å²) in [7, 11) is 0. The van der Waals surface area contributed by atoms with Crippen LogP contribution in [0.5, 0.6) is 0 Å². The van der Waals surface area contributed by atoms with E-state index in [0.29, 0.717) is 5.92 Å². The predicted octanol–water partition coefficient (Wildman–Crippen LogP) is 5.51. The first-order valence-corrected chi connectivity index (χ1v) is 7.58. The lowest BCUT2D eigenvalue weighted by molar-refractivity contribution is 0.421. The molecule has 0 heterocycles. The van der Waals surface area contributed by atoms with E-state index >= 15 is 0 Å². The average Bonchev–Trinajstić information content (AvgIpc) is 2.29. The second kappa shape index (κ2) is 6.12. The summed E-state index contributed by atoms with van der Waals surface area (Å²) in [6.45, 7) is 5.57. The van der Waals surface area contributed by atoms with Crippen LogP contribution in [-0.2, 0) is 0 Å². The van der Waals surface area contributed by atoms with Gasteiger partial charge in [0.15, 0.2) is 0 Å². The summed E-state index contributed by atoms with van der Waals surface area (Å²) in [6.07, 6.45) is 4.89. The van der Waals surface area contributed by atoms with Gasteiger partial charge in [0.2, 0.25) is 0 Å². The lowest BCUT2D eigenvalue weighted by Crippen LogP contribution is -2.20. The van der Waals surface area contributed by atoms with E-state index in [1.54, 1.807) is 0 Å². The zero-order chi connectivity index (χ0) is 13.1. The molecule has 3 heteroatoms. The molecule has 0 aromatic heterocycles. The molecule has 0 aliphatic heterocycles. The van der Waals surface area contributed by atoms with Crippen molar-refractivity contribution < 1.29 is 0 Å². The molecule has 2 unspecified atom stereocenters. The molecule has 1 aromatic carbocycles. The number of rotatable bonds is 3. The second-order valence-electron chi connectivity index (χ2n) is 5.31. The fraction of sp³-hybridized carbons (Fsp3) is 0.467. The Hall–Kier alpha value is -0.470. The summed E-state index contributed by atoms with van der Waals surface area (Å²) >= 11 is 9.44. The Bertz CT molecular complexity index is 456. The Morgan fingerprint density at radius 3 is 2.89 bits per heavy atom. The predicted molar refractivity (Wildman–Crippen MR) is 83.3 cm³/mol. The molecule has 18 heavy (non-hydrogen) atoms. The van der Waals surface area contributed by atoms with Crippen molar-refractivity contribution in [1.82, 2.24) is 0 Å². The van der Waals surface area contributed by atoms with Gasteiger partial charge in [-0.1, -0.05) is 30.2 Å². The normalized spacial score (nSPS) is 23.7. The van der Waals surface area contributed by atoms with Crippen LogP contribution in [0.25, 0.3) is 0 Å². The van der Waals surface area contributed by atoms with Crippen molar-refractivity contribution in [3.63, 3.8) is 0 Å². The number of allylic oxidation sites excluding steroid dienone is 2. The Kier molecular flexibility index (Phi) is 4.74. The molecule has 1 nitrogen and oxygen atoms in total. The van der Waals surface area contributed by atoms with Gasteiger partial charge in [-0.3, -0.25) is 0 Å². The van der Waals surface area contributed by atoms with Crippen LogP contribution in [0.2, 0.25) is 5.02 Å². The average molecular weight is 329 g/mol. The number of benzene rings is 1. The number of anilines is 1. The zero-order valence-corrected chi connectivity index (χ0v) is 13.2. The fourth-order valence-corrected chi connectivity index (χ4v) is 3.21. The van der Waals surface area contributed by atoms with Crippen molar-refractivity contribution in [2.45, 2.75) is 26.7 Å². The third-order valence-electron chi connectivity index (χ3n) is 3.40. The van der Waals surface area contributed by atoms with Crippen LogP contribution in [0.4, 0.5) is 5.69 Å². The molecule has 0 radical (unpaired) electrons. The molecule has 2 rings (SSSR count). The van der Waals surface area contributed by atoms with Gasteiger partial charge in [-0.15, -0.1) is 0 Å². The molecule has 0 amide bonds. The van der Waals surface area contributed by atoms with Crippen molar-refractivity contribution in [3.05, 3.63) is 39.3 Å². The number of hydrogen-bond donors (Lipinski definition) is 1. The summed E-state index contributed by atoms with van der Waals surface area (Å²) < 4.78 is 0.947. The fourth-order valence-electron chi connectivity index (χ4n) is 2.71. The highest BCUT2D eigenvalue weighted by Gasteiger charge is 2.17. The number of halogens is 2. The van der Waals surface area contributed by atoms with Crippen molar-refractivity contribution in [2.75, 3.05) is 11.9 Å². The quantitative estimate of drug-likeness (QED) is 0.722. The van der Waals surface area contributed by atoms with Gasteiger partial charge in [0.1, 0.15) is 0 Å². The standard InChI is InChI=1S/C15H19BrClN/c1-10-5-11(2)7-12(6-10)9-18-13-3-4-15(17)14(16)8-13/h3-5,8,10,12,18H,6-7,9H2,1-2H3. The van der Waals surface area contributed by atoms with Crippen LogP contribution in [0.3, 0.4) is 0 Å². The lowest BCUT2D eigenvalue weighted by Gasteiger charge is -2.26. The largest absolute Gasteiger partial charge is 0.385 e. The van der Waals surface area contributed by atoms with Crippen molar-refractivity contribution in [3.8, 4) is 0 Å². The maximum Gasteiger partial charge on any atom is 0.0549 e. The van der Waals surface area contributed by atoms with Gasteiger partial charge < -0.3 is 5.32 Å². The first-order valence-electron chi connectivity index (χ1n) is 6.41. The van der Waals surface area contributed by atoms with Crippen LogP contribution in [0.15, 0.2) is 34.3 Å². The van der Waals surface area contributed by atoms with Gasteiger partial charge in [0.05, 0.1) is 5.02 Å². The Morgan fingerprint density at radius 1 is 1.44 bits per heavy atom. The topological polar surface area (TPSA) is 12.0 Å². The van der Waals surface area contributed by atoms with Gasteiger partial charge in [0.25, 0.3) is 0 Å². The SMILES string of the molecule is CC1=CC(C)CC(CNc2ccc(Cl)c(Br)c2)C1. The Labute approximate surface area is 123 Å². The Balaban J connectivity index is 1.92. The summed E-state index contributed by atoms with van der Waals surface area (Å²) in [5.41, 5.74) is 2.66. The van der Waals surface area contributed by atoms with E-state index in [9.17, 15) is 0 Å². The zero-order valence-electron chi connectivity index (χ0n) is 10.8. The maximum atomic E-state index is 5.99. The van der Waals surface area contributed by atoms with E-state index in [2.05, 4.69) is 41.2 Å². The molecule has 1 N–H and O–H groups in total. The van der Waals surface area contributed by atoms with Crippen LogP contribution < -0.4 is 5.32 Å². The minimum absolute atomic E-state index is 0.711. The molecule has 0 saturated heterocycles. The molecule has 0 saturated carbocycles. The summed E-state index contributed by atoms with van der Waals surface area (Å²) in [4.78, 5) is 0. The van der Waals surface area contributed by atoms with Crippen molar-refractivity contribution in [1.29, 1.82) is 0 Å². The Morgan fingerprint density at radius 2 is 2.22 bits per heavy atom. The molecule has 1 aromatic rings. The smallest absolute Gasteiger partial charge is 0.0549 e. The molecular formula is C15H19BrClN. The number of hydrogen-bond acceptors (Lipinski definition) is 1. The summed E-state index contributed by atoms with van der Waals surface area (Å²) in [6, 6.07) is 5.99. The minimum atomic E-state index is 0.711. The van der Waals surface area contributed by atoms with Crippen LogP contribution in [0.1, 0.15) is 26.7 Å². The second-order valence-corrected chi connectivity index (χ2v) is 6.57. The summed E-state index contributed by atoms with van der Waals surface area (Å²) in [5.74, 6) is 1.45. The minimum Gasteiger partial charge on any atom is -0.385 e. The van der Waals surface area contributed by atoms with Gasteiger partial charge >= 0.3 is 0 Å². The molecule has 0 fully saturated rings. The number of nitrogens with one attached hydrogen (secondary N) is 1. The van der Waals surface area contributed by atoms with Gasteiger partial charge in [-0.2, -0.15) is 0 Å². The van der Waals surface area contributed by atoms with Gasteiger partial charge in [0, 0.05) is 16.7 Å². The van der Waals surface area contributed by atoms with Gasteiger partial charge in [-0.05, 0) is 65.7 Å². The van der Waals surface area contributed by atoms with Crippen LogP contribution >= 0.6 is 27.5 Å². The van der Waals surface area contributed by atoms with E-state index in [1.165, 1.54) is 18.4 Å². The molecule has 98 valence electrons. The first-order chi connectivity index (χ1) is 8.54. The third-order valence-corrected chi connectivity index (χ3v) is 4.61. The highest BCUT2D eigenvalue weighted by molar-refractivity contribution is 9.10. The molecule has 0 spiro atoms. The highest BCUT2D eigenvalue weighted by atomic mass is 79.9. The van der Waals surface area contributed by atoms with E-state index in [-0.39, 0.29) is 0 Å². The maximum absolute atomic E-state index is 5.99. The van der Waals surface area contributed by atoms with Gasteiger partial charge in [-0.25, -0.2) is 0 Å².